The smallest absolute Gasteiger partial charge is 0.241 e. The van der Waals surface area contributed by atoms with Gasteiger partial charge in [-0.05, 0) is 60.5 Å². The number of nitriles is 1. The van der Waals surface area contributed by atoms with Crippen LogP contribution in [-0.2, 0) is 21.2 Å². The van der Waals surface area contributed by atoms with Gasteiger partial charge in [-0.25, -0.2) is 13.4 Å². The Balaban J connectivity index is 1.62. The third-order valence-corrected chi connectivity index (χ3v) is 7.07. The van der Waals surface area contributed by atoms with Crippen molar-refractivity contribution in [3.8, 4) is 17.2 Å². The van der Waals surface area contributed by atoms with E-state index in [9.17, 15) is 13.2 Å². The first-order valence-electron chi connectivity index (χ1n) is 10.5. The minimum Gasteiger partial charge on any atom is -0.441 e. The Kier molecular flexibility index (Phi) is 7.25. The zero-order valence-corrected chi connectivity index (χ0v) is 20.9. The van der Waals surface area contributed by atoms with Crippen molar-refractivity contribution in [3.05, 3.63) is 76.9 Å². The van der Waals surface area contributed by atoms with Crippen LogP contribution in [0.1, 0.15) is 11.6 Å². The van der Waals surface area contributed by atoms with E-state index in [1.54, 1.807) is 24.4 Å². The first-order valence-corrected chi connectivity index (χ1v) is 12.8. The number of oxazole rings is 1. The molecule has 2 heterocycles. The molecule has 0 aliphatic rings. The number of nitrogens with one attached hydrogen (secondary N) is 2. The summed E-state index contributed by atoms with van der Waals surface area (Å²) < 4.78 is 34.7. The number of sulfonamides is 1. The molecule has 11 heteroatoms. The second-order valence-corrected chi connectivity index (χ2v) is 10.3. The largest absolute Gasteiger partial charge is 0.441 e. The first-order chi connectivity index (χ1) is 16.7. The van der Waals surface area contributed by atoms with Crippen LogP contribution in [0.4, 0.5) is 0 Å². The highest BCUT2D eigenvalue weighted by molar-refractivity contribution is 9.10. The summed E-state index contributed by atoms with van der Waals surface area (Å²) in [5, 5.41) is 11.2. The number of carbonyl (C=O) groups is 1. The monoisotopic (exact) mass is 553 g/mol. The highest BCUT2D eigenvalue weighted by atomic mass is 79.9. The van der Waals surface area contributed by atoms with Crippen molar-refractivity contribution < 1.29 is 17.6 Å². The minimum atomic E-state index is -4.05. The van der Waals surface area contributed by atoms with E-state index in [1.807, 2.05) is 37.3 Å². The topological polar surface area (TPSA) is 138 Å². The van der Waals surface area contributed by atoms with E-state index in [0.29, 0.717) is 15.6 Å². The summed E-state index contributed by atoms with van der Waals surface area (Å²) in [6.07, 6.45) is 1.57. The lowest BCUT2D eigenvalue weighted by atomic mass is 10.1. The average Bonchev–Trinajstić information content (AvgIpc) is 3.23. The van der Waals surface area contributed by atoms with Gasteiger partial charge < -0.3 is 9.73 Å². The quantitative estimate of drug-likeness (QED) is 0.318. The lowest BCUT2D eigenvalue weighted by Gasteiger charge is -2.16. The number of halogens is 1. The zero-order valence-electron chi connectivity index (χ0n) is 18.5. The fraction of sp³-hybridized carbons (Fsp3) is 0.167. The highest BCUT2D eigenvalue weighted by Crippen LogP contribution is 2.26. The summed E-state index contributed by atoms with van der Waals surface area (Å²) in [5.74, 6) is -0.488. The van der Waals surface area contributed by atoms with Gasteiger partial charge in [0.05, 0.1) is 11.0 Å². The molecule has 2 aromatic heterocycles. The third kappa shape index (κ3) is 5.92. The van der Waals surface area contributed by atoms with Gasteiger partial charge >= 0.3 is 0 Å². The van der Waals surface area contributed by atoms with Crippen LogP contribution < -0.4 is 10.0 Å². The Hall–Kier alpha value is -3.59. The molecular formula is C24H20BrN5O4S. The molecule has 2 N–H and O–H groups in total. The van der Waals surface area contributed by atoms with Gasteiger partial charge in [0.2, 0.25) is 15.9 Å². The van der Waals surface area contributed by atoms with Crippen molar-refractivity contribution >= 4 is 43.0 Å². The van der Waals surface area contributed by atoms with E-state index in [0.717, 1.165) is 16.8 Å². The maximum absolute atomic E-state index is 12.9. The summed E-state index contributed by atoms with van der Waals surface area (Å²) in [6, 6.07) is 16.0. The first kappa shape index (κ1) is 24.5. The summed E-state index contributed by atoms with van der Waals surface area (Å²) in [5.41, 5.74) is 3.82. The fourth-order valence-electron chi connectivity index (χ4n) is 3.47. The maximum atomic E-state index is 12.9. The van der Waals surface area contributed by atoms with Gasteiger partial charge in [-0.3, -0.25) is 9.78 Å². The number of carbonyl (C=O) groups excluding carboxylic acids is 1. The van der Waals surface area contributed by atoms with E-state index in [1.165, 1.54) is 12.1 Å². The van der Waals surface area contributed by atoms with Crippen LogP contribution in [0.25, 0.3) is 22.2 Å². The number of hydrogen-bond acceptors (Lipinski definition) is 7. The molecule has 0 spiro atoms. The van der Waals surface area contributed by atoms with E-state index in [2.05, 4.69) is 35.9 Å². The predicted molar refractivity (Wildman–Crippen MR) is 133 cm³/mol. The maximum Gasteiger partial charge on any atom is 0.241 e. The molecule has 1 amide bonds. The lowest BCUT2D eigenvalue weighted by molar-refractivity contribution is -0.122. The van der Waals surface area contributed by atoms with Gasteiger partial charge in [0.15, 0.2) is 11.5 Å². The van der Waals surface area contributed by atoms with Crippen LogP contribution in [-0.4, -0.2) is 36.9 Å². The third-order valence-electron chi connectivity index (χ3n) is 5.10. The van der Waals surface area contributed by atoms with E-state index in [4.69, 9.17) is 9.68 Å². The van der Waals surface area contributed by atoms with Crippen LogP contribution in [0.3, 0.4) is 0 Å². The number of nitrogens with zero attached hydrogens (tertiary/aromatic N) is 3. The average molecular weight is 554 g/mol. The van der Waals surface area contributed by atoms with Gasteiger partial charge in [-0.2, -0.15) is 9.98 Å². The van der Waals surface area contributed by atoms with E-state index >= 15 is 0 Å². The Bertz CT molecular complexity index is 1550. The molecule has 0 aliphatic carbocycles. The van der Waals surface area contributed by atoms with Crippen LogP contribution in [0.5, 0.6) is 0 Å². The van der Waals surface area contributed by atoms with Crippen molar-refractivity contribution in [3.63, 3.8) is 0 Å². The number of aryl methyl sites for hydroxylation is 1. The number of rotatable bonds is 8. The number of hydrogen-bond donors (Lipinski definition) is 2. The summed E-state index contributed by atoms with van der Waals surface area (Å²) in [4.78, 5) is 21.3. The van der Waals surface area contributed by atoms with Crippen LogP contribution in [0.2, 0.25) is 0 Å². The molecule has 4 rings (SSSR count). The molecule has 0 fully saturated rings. The lowest BCUT2D eigenvalue weighted by Crippen LogP contribution is -2.48. The minimum absolute atomic E-state index is 0.0141. The van der Waals surface area contributed by atoms with Crippen molar-refractivity contribution in [2.24, 2.45) is 0 Å². The van der Waals surface area contributed by atoms with Crippen molar-refractivity contribution in [1.82, 2.24) is 20.0 Å². The standard InChI is InChI=1S/C24H20BrN5O4S/c1-15-11-17(7-9-27-15)16-5-6-20-22(12-16)34-23(29-20)14-21(24(31)28-10-8-26)30-35(32,33)19-4-2-3-18(25)13-19/h2-7,9,11-13,21,30H,10,14H2,1H3,(H,28,31). The molecule has 0 radical (unpaired) electrons. The van der Waals surface area contributed by atoms with Crippen molar-refractivity contribution in [1.29, 1.82) is 5.26 Å². The molecule has 1 unspecified atom stereocenters. The van der Waals surface area contributed by atoms with Crippen molar-refractivity contribution in [2.45, 2.75) is 24.3 Å². The molecule has 9 nitrogen and oxygen atoms in total. The van der Waals surface area contributed by atoms with Gasteiger partial charge in [0.1, 0.15) is 18.1 Å². The van der Waals surface area contributed by atoms with Crippen LogP contribution in [0.15, 0.2) is 74.6 Å². The van der Waals surface area contributed by atoms with Crippen molar-refractivity contribution in [2.75, 3.05) is 6.54 Å². The number of fused-ring (bicyclic) bond motifs is 1. The molecule has 0 aliphatic heterocycles. The fourth-order valence-corrected chi connectivity index (χ4v) is 5.26. The molecule has 1 atom stereocenters. The molecule has 0 saturated heterocycles. The number of pyridine rings is 1. The molecule has 0 saturated carbocycles. The Morgan fingerprint density at radius 2 is 1.97 bits per heavy atom. The SMILES string of the molecule is Cc1cc(-c2ccc3nc(CC(NS(=O)(=O)c4cccc(Br)c4)C(=O)NCC#N)oc3c2)ccn1. The molecule has 178 valence electrons. The molecule has 0 bridgehead atoms. The summed E-state index contributed by atoms with van der Waals surface area (Å²) >= 11 is 3.25. The molecule has 2 aromatic carbocycles. The molecule has 35 heavy (non-hydrogen) atoms. The number of amides is 1. The Morgan fingerprint density at radius 1 is 1.17 bits per heavy atom. The van der Waals surface area contributed by atoms with E-state index in [-0.39, 0.29) is 23.8 Å². The van der Waals surface area contributed by atoms with Crippen LogP contribution >= 0.6 is 15.9 Å². The van der Waals surface area contributed by atoms with Gasteiger partial charge in [0.25, 0.3) is 0 Å². The molecular weight excluding hydrogens is 534 g/mol. The highest BCUT2D eigenvalue weighted by Gasteiger charge is 2.28. The predicted octanol–water partition coefficient (Wildman–Crippen LogP) is 3.49. The summed E-state index contributed by atoms with van der Waals surface area (Å²) in [6.45, 7) is 1.64. The zero-order chi connectivity index (χ0) is 25.0. The van der Waals surface area contributed by atoms with Gasteiger partial charge in [-0.1, -0.05) is 28.1 Å². The second kappa shape index (κ2) is 10.4. The number of aromatic nitrogens is 2. The molecule has 4 aromatic rings. The van der Waals surface area contributed by atoms with Crippen LogP contribution in [0, 0.1) is 18.3 Å². The normalized spacial score (nSPS) is 12.3. The number of benzene rings is 2. The van der Waals surface area contributed by atoms with Gasteiger partial charge in [-0.15, -0.1) is 0 Å². The summed E-state index contributed by atoms with van der Waals surface area (Å²) in [7, 11) is -4.05. The Morgan fingerprint density at radius 3 is 2.71 bits per heavy atom. The second-order valence-electron chi connectivity index (χ2n) is 7.69. The Labute approximate surface area is 210 Å². The van der Waals surface area contributed by atoms with E-state index < -0.39 is 22.0 Å². The van der Waals surface area contributed by atoms with Gasteiger partial charge in [0, 0.05) is 22.8 Å².